The highest BCUT2D eigenvalue weighted by atomic mass is 19.1. The van der Waals surface area contributed by atoms with Gasteiger partial charge in [0.25, 0.3) is 0 Å². The summed E-state index contributed by atoms with van der Waals surface area (Å²) in [5, 5.41) is 17.3. The van der Waals surface area contributed by atoms with Gasteiger partial charge in [-0.05, 0) is 0 Å². The molecule has 2 N–H and O–H groups in total. The van der Waals surface area contributed by atoms with Gasteiger partial charge in [0.15, 0.2) is 6.17 Å². The first kappa shape index (κ1) is 7.98. The van der Waals surface area contributed by atoms with Crippen LogP contribution < -0.4 is 0 Å². The number of aliphatic hydroxyl groups is 2. The lowest BCUT2D eigenvalue weighted by atomic mass is 9.94. The number of hydrogen-bond acceptors (Lipinski definition) is 3. The standard InChI is InChI=1S/C5H8BFO3/c6-5-4(9)3(7)2(1-8)10-5/h2-5,8-9H,1H2. The lowest BCUT2D eigenvalue weighted by molar-refractivity contribution is 0.0184. The molecule has 10 heavy (non-hydrogen) atoms. The van der Waals surface area contributed by atoms with Gasteiger partial charge < -0.3 is 14.9 Å². The van der Waals surface area contributed by atoms with Crippen molar-refractivity contribution in [2.24, 2.45) is 0 Å². The molecule has 3 nitrogen and oxygen atoms in total. The zero-order valence-corrected chi connectivity index (χ0v) is 5.27. The maximum atomic E-state index is 12.6. The molecule has 0 amide bonds. The van der Waals surface area contributed by atoms with Crippen molar-refractivity contribution in [2.75, 3.05) is 6.61 Å². The van der Waals surface area contributed by atoms with Gasteiger partial charge >= 0.3 is 0 Å². The van der Waals surface area contributed by atoms with Crippen molar-refractivity contribution < 1.29 is 19.3 Å². The van der Waals surface area contributed by atoms with E-state index in [1.165, 1.54) is 0 Å². The Morgan fingerprint density at radius 3 is 2.40 bits per heavy atom. The summed E-state index contributed by atoms with van der Waals surface area (Å²) < 4.78 is 17.3. The van der Waals surface area contributed by atoms with Crippen LogP contribution in [0.2, 0.25) is 0 Å². The van der Waals surface area contributed by atoms with E-state index in [0.29, 0.717) is 0 Å². The number of ether oxygens (including phenoxy) is 1. The second-order valence-corrected chi connectivity index (χ2v) is 2.26. The Hall–Kier alpha value is -0.125. The Kier molecular flexibility index (Phi) is 2.28. The van der Waals surface area contributed by atoms with Crippen LogP contribution in [0.1, 0.15) is 0 Å². The van der Waals surface area contributed by atoms with Gasteiger partial charge in [-0.3, -0.25) is 0 Å². The smallest absolute Gasteiger partial charge is 0.156 e. The van der Waals surface area contributed by atoms with Crippen molar-refractivity contribution in [1.29, 1.82) is 0 Å². The van der Waals surface area contributed by atoms with Crippen molar-refractivity contribution in [3.05, 3.63) is 0 Å². The van der Waals surface area contributed by atoms with Crippen LogP contribution in [0.3, 0.4) is 0 Å². The number of alkyl halides is 1. The molecular weight excluding hydrogens is 138 g/mol. The minimum absolute atomic E-state index is 0.452. The maximum absolute atomic E-state index is 12.6. The highest BCUT2D eigenvalue weighted by Gasteiger charge is 2.40. The summed E-state index contributed by atoms with van der Waals surface area (Å²) in [4.78, 5) is 0. The molecule has 5 heteroatoms. The van der Waals surface area contributed by atoms with Crippen LogP contribution >= 0.6 is 0 Å². The Balaban J connectivity index is 2.53. The summed E-state index contributed by atoms with van der Waals surface area (Å²) in [7, 11) is 5.11. The molecular formula is C5H8BFO3. The van der Waals surface area contributed by atoms with E-state index in [1.807, 2.05) is 0 Å². The quantitative estimate of drug-likeness (QED) is 0.446. The van der Waals surface area contributed by atoms with Crippen molar-refractivity contribution >= 4 is 7.85 Å². The van der Waals surface area contributed by atoms with Gasteiger partial charge in [0.05, 0.1) is 6.61 Å². The number of aliphatic hydroxyl groups excluding tert-OH is 2. The topological polar surface area (TPSA) is 49.7 Å². The SMILES string of the molecule is [B]C1OC(CO)C(F)C1O. The van der Waals surface area contributed by atoms with Crippen LogP contribution in [0.15, 0.2) is 0 Å². The molecule has 4 unspecified atom stereocenters. The van der Waals surface area contributed by atoms with Crippen molar-refractivity contribution in [3.63, 3.8) is 0 Å². The first-order valence-electron chi connectivity index (χ1n) is 3.01. The van der Waals surface area contributed by atoms with Gasteiger partial charge in [0.2, 0.25) is 0 Å². The molecule has 0 aromatic carbocycles. The fourth-order valence-corrected chi connectivity index (χ4v) is 0.902. The van der Waals surface area contributed by atoms with E-state index in [2.05, 4.69) is 4.74 Å². The van der Waals surface area contributed by atoms with Gasteiger partial charge in [0, 0.05) is 6.00 Å². The van der Waals surface area contributed by atoms with Gasteiger partial charge in [-0.2, -0.15) is 0 Å². The largest absolute Gasteiger partial charge is 0.394 e. The molecule has 1 heterocycles. The third kappa shape index (κ3) is 1.16. The predicted molar refractivity (Wildman–Crippen MR) is 32.4 cm³/mol. The lowest BCUT2D eigenvalue weighted by Gasteiger charge is -2.07. The van der Waals surface area contributed by atoms with Gasteiger partial charge in [0.1, 0.15) is 20.1 Å². The average molecular weight is 146 g/mol. The average Bonchev–Trinajstić information content (AvgIpc) is 2.17. The normalized spacial score (nSPS) is 47.9. The summed E-state index contributed by atoms with van der Waals surface area (Å²) in [6, 6.07) is -1.01. The third-order valence-electron chi connectivity index (χ3n) is 1.53. The highest BCUT2D eigenvalue weighted by molar-refractivity contribution is 6.11. The molecule has 1 saturated heterocycles. The molecule has 2 radical (unpaired) electrons. The van der Waals surface area contributed by atoms with Gasteiger partial charge in [-0.15, -0.1) is 0 Å². The molecule has 0 aliphatic carbocycles. The molecule has 1 rings (SSSR count). The summed E-state index contributed by atoms with van der Waals surface area (Å²) in [6.07, 6.45) is -3.85. The fourth-order valence-electron chi connectivity index (χ4n) is 0.902. The molecule has 56 valence electrons. The number of rotatable bonds is 1. The molecule has 0 spiro atoms. The number of halogens is 1. The van der Waals surface area contributed by atoms with E-state index < -0.39 is 31.0 Å². The summed E-state index contributed by atoms with van der Waals surface area (Å²) >= 11 is 0. The van der Waals surface area contributed by atoms with E-state index in [9.17, 15) is 4.39 Å². The van der Waals surface area contributed by atoms with E-state index in [0.717, 1.165) is 0 Å². The molecule has 0 bridgehead atoms. The van der Waals surface area contributed by atoms with Crippen molar-refractivity contribution in [3.8, 4) is 0 Å². The zero-order valence-electron chi connectivity index (χ0n) is 5.27. The first-order valence-corrected chi connectivity index (χ1v) is 3.01. The monoisotopic (exact) mass is 146 g/mol. The Morgan fingerprint density at radius 1 is 1.60 bits per heavy atom. The summed E-state index contributed by atoms with van der Waals surface area (Å²) in [5.41, 5.74) is 0. The Bertz CT molecular complexity index is 123. The Labute approximate surface area is 59.2 Å². The molecule has 1 aliphatic rings. The minimum atomic E-state index is -1.57. The van der Waals surface area contributed by atoms with Gasteiger partial charge in [-0.1, -0.05) is 0 Å². The number of hydrogen-bond donors (Lipinski definition) is 2. The van der Waals surface area contributed by atoms with Crippen LogP contribution in [0, 0.1) is 0 Å². The predicted octanol–water partition coefficient (Wildman–Crippen LogP) is -1.43. The molecule has 0 saturated carbocycles. The molecule has 4 atom stereocenters. The van der Waals surface area contributed by atoms with E-state index in [4.69, 9.17) is 18.1 Å². The molecule has 0 aromatic rings. The molecule has 1 fully saturated rings. The fraction of sp³-hybridized carbons (Fsp3) is 1.00. The zero-order chi connectivity index (χ0) is 7.72. The summed E-state index contributed by atoms with van der Waals surface area (Å²) in [5.74, 6) is 0. The van der Waals surface area contributed by atoms with Crippen LogP contribution in [0.4, 0.5) is 4.39 Å². The van der Waals surface area contributed by atoms with Crippen LogP contribution in [-0.4, -0.2) is 49.0 Å². The van der Waals surface area contributed by atoms with Crippen LogP contribution in [0.25, 0.3) is 0 Å². The molecule has 1 aliphatic heterocycles. The third-order valence-corrected chi connectivity index (χ3v) is 1.53. The van der Waals surface area contributed by atoms with Crippen LogP contribution in [-0.2, 0) is 4.74 Å². The van der Waals surface area contributed by atoms with E-state index in [1.54, 1.807) is 0 Å². The van der Waals surface area contributed by atoms with E-state index >= 15 is 0 Å². The van der Waals surface area contributed by atoms with Crippen LogP contribution in [0.5, 0.6) is 0 Å². The highest BCUT2D eigenvalue weighted by Crippen LogP contribution is 2.21. The minimum Gasteiger partial charge on any atom is -0.394 e. The Morgan fingerprint density at radius 2 is 2.20 bits per heavy atom. The van der Waals surface area contributed by atoms with Gasteiger partial charge in [-0.25, -0.2) is 4.39 Å². The first-order chi connectivity index (χ1) is 4.66. The van der Waals surface area contributed by atoms with Crippen molar-refractivity contribution in [1.82, 2.24) is 0 Å². The lowest BCUT2D eigenvalue weighted by Crippen LogP contribution is -2.30. The maximum Gasteiger partial charge on any atom is 0.156 e. The second-order valence-electron chi connectivity index (χ2n) is 2.26. The summed E-state index contributed by atoms with van der Waals surface area (Å²) in [6.45, 7) is -0.452. The van der Waals surface area contributed by atoms with Crippen molar-refractivity contribution in [2.45, 2.75) is 24.4 Å². The molecule has 0 aromatic heterocycles. The van der Waals surface area contributed by atoms with E-state index in [-0.39, 0.29) is 0 Å². The second kappa shape index (κ2) is 2.86.